The molecule has 0 fully saturated rings. The Bertz CT molecular complexity index is 938. The van der Waals surface area contributed by atoms with Crippen molar-refractivity contribution in [2.45, 2.75) is 0 Å². The molecule has 0 saturated heterocycles. The zero-order valence-corrected chi connectivity index (χ0v) is 10.5. The Kier molecular flexibility index (Phi) is 2.11. The molecule has 6 nitrogen and oxygen atoms in total. The maximum Gasteiger partial charge on any atom is 0.182 e. The van der Waals surface area contributed by atoms with Crippen LogP contribution in [0.25, 0.3) is 28.1 Å². The van der Waals surface area contributed by atoms with Gasteiger partial charge >= 0.3 is 0 Å². The van der Waals surface area contributed by atoms with Gasteiger partial charge in [0.25, 0.3) is 0 Å². The number of benzene rings is 1. The number of hydrogen-bond donors (Lipinski definition) is 0. The first-order valence-electron chi connectivity index (χ1n) is 6.01. The molecule has 0 aliphatic carbocycles. The molecule has 0 unspecified atom stereocenters. The van der Waals surface area contributed by atoms with Crippen LogP contribution in [0.3, 0.4) is 0 Å². The van der Waals surface area contributed by atoms with Crippen LogP contribution in [0.15, 0.2) is 36.8 Å². The molecule has 4 aromatic rings. The number of nitrogens with zero attached hydrogens (tertiary/aromatic N) is 6. The van der Waals surface area contributed by atoms with E-state index in [1.54, 1.807) is 33.9 Å². The average Bonchev–Trinajstić information content (AvgIpc) is 3.02. The van der Waals surface area contributed by atoms with Gasteiger partial charge in [-0.15, -0.1) is 5.10 Å². The Hall–Kier alpha value is -2.83. The SMILES string of the molecule is Cn1ncc2c1ncn1nc(-c3cccc(F)c3)nc21. The number of halogens is 1. The molecule has 0 N–H and O–H groups in total. The van der Waals surface area contributed by atoms with Crippen LogP contribution in [0.4, 0.5) is 4.39 Å². The third kappa shape index (κ3) is 1.49. The molecule has 20 heavy (non-hydrogen) atoms. The molecule has 3 heterocycles. The predicted octanol–water partition coefficient (Wildman–Crippen LogP) is 1.82. The summed E-state index contributed by atoms with van der Waals surface area (Å²) in [6.45, 7) is 0. The lowest BCUT2D eigenvalue weighted by atomic mass is 10.2. The molecule has 0 amide bonds. The summed E-state index contributed by atoms with van der Waals surface area (Å²) in [6.07, 6.45) is 3.27. The molecular formula is C13H9FN6. The molecule has 3 aromatic heterocycles. The van der Waals surface area contributed by atoms with E-state index in [0.717, 1.165) is 11.0 Å². The first-order chi connectivity index (χ1) is 9.72. The lowest BCUT2D eigenvalue weighted by molar-refractivity contribution is 0.628. The zero-order valence-electron chi connectivity index (χ0n) is 10.5. The molecule has 4 rings (SSSR count). The highest BCUT2D eigenvalue weighted by atomic mass is 19.1. The molecule has 0 radical (unpaired) electrons. The molecule has 98 valence electrons. The molecule has 1 aromatic carbocycles. The summed E-state index contributed by atoms with van der Waals surface area (Å²) in [6, 6.07) is 6.20. The van der Waals surface area contributed by atoms with Gasteiger partial charge in [-0.05, 0) is 12.1 Å². The van der Waals surface area contributed by atoms with E-state index >= 15 is 0 Å². The largest absolute Gasteiger partial charge is 0.250 e. The fourth-order valence-corrected chi connectivity index (χ4v) is 2.19. The van der Waals surface area contributed by atoms with Crippen molar-refractivity contribution >= 4 is 16.7 Å². The van der Waals surface area contributed by atoms with E-state index in [1.807, 2.05) is 7.05 Å². The molecule has 0 aliphatic heterocycles. The number of fused-ring (bicyclic) bond motifs is 3. The average molecular weight is 268 g/mol. The van der Waals surface area contributed by atoms with E-state index in [1.165, 1.54) is 12.1 Å². The Balaban J connectivity index is 2.01. The van der Waals surface area contributed by atoms with E-state index < -0.39 is 0 Å². The minimum Gasteiger partial charge on any atom is -0.250 e. The summed E-state index contributed by atoms with van der Waals surface area (Å²) in [5.74, 6) is 0.147. The molecule has 0 saturated carbocycles. The summed E-state index contributed by atoms with van der Waals surface area (Å²) in [5, 5.41) is 9.29. The van der Waals surface area contributed by atoms with E-state index in [2.05, 4.69) is 20.2 Å². The predicted molar refractivity (Wildman–Crippen MR) is 70.4 cm³/mol. The van der Waals surface area contributed by atoms with Gasteiger partial charge in [0.05, 0.1) is 11.6 Å². The second-order valence-corrected chi connectivity index (χ2v) is 4.46. The van der Waals surface area contributed by atoms with Crippen molar-refractivity contribution < 1.29 is 4.39 Å². The highest BCUT2D eigenvalue weighted by Gasteiger charge is 2.12. The van der Waals surface area contributed by atoms with Gasteiger partial charge in [0.2, 0.25) is 0 Å². The van der Waals surface area contributed by atoms with E-state index in [4.69, 9.17) is 0 Å². The number of hydrogen-bond acceptors (Lipinski definition) is 4. The van der Waals surface area contributed by atoms with Crippen LogP contribution < -0.4 is 0 Å². The summed E-state index contributed by atoms with van der Waals surface area (Å²) in [5.41, 5.74) is 2.02. The highest BCUT2D eigenvalue weighted by molar-refractivity contribution is 5.88. The van der Waals surface area contributed by atoms with Crippen LogP contribution in [0.5, 0.6) is 0 Å². The fraction of sp³-hybridized carbons (Fsp3) is 0.0769. The molecule has 0 bridgehead atoms. The van der Waals surface area contributed by atoms with Crippen molar-refractivity contribution in [1.82, 2.24) is 29.4 Å². The van der Waals surface area contributed by atoms with Gasteiger partial charge in [0.15, 0.2) is 17.1 Å². The topological polar surface area (TPSA) is 60.9 Å². The lowest BCUT2D eigenvalue weighted by Crippen LogP contribution is -1.94. The lowest BCUT2D eigenvalue weighted by Gasteiger charge is -1.93. The van der Waals surface area contributed by atoms with Crippen LogP contribution in [-0.2, 0) is 7.05 Å². The maximum atomic E-state index is 13.3. The van der Waals surface area contributed by atoms with Gasteiger partial charge in [0.1, 0.15) is 12.1 Å². The van der Waals surface area contributed by atoms with Crippen LogP contribution in [0, 0.1) is 5.82 Å². The van der Waals surface area contributed by atoms with E-state index in [0.29, 0.717) is 17.0 Å². The van der Waals surface area contributed by atoms with E-state index in [9.17, 15) is 4.39 Å². The Morgan fingerprint density at radius 1 is 1.20 bits per heavy atom. The number of aromatic nitrogens is 6. The maximum absolute atomic E-state index is 13.3. The van der Waals surface area contributed by atoms with Gasteiger partial charge in [-0.25, -0.2) is 18.9 Å². The number of aryl methyl sites for hydroxylation is 1. The Morgan fingerprint density at radius 3 is 2.95 bits per heavy atom. The standard InChI is InChI=1S/C13H9FN6/c1-19-12-10(6-16-19)13-17-11(18-20(13)7-15-12)8-3-2-4-9(14)5-8/h2-7H,1H3. The smallest absolute Gasteiger partial charge is 0.182 e. The summed E-state index contributed by atoms with van der Waals surface area (Å²) < 4.78 is 16.5. The third-order valence-corrected chi connectivity index (χ3v) is 3.15. The van der Waals surface area contributed by atoms with Gasteiger partial charge in [-0.2, -0.15) is 5.10 Å². The molecular weight excluding hydrogens is 259 g/mol. The highest BCUT2D eigenvalue weighted by Crippen LogP contribution is 2.20. The van der Waals surface area contributed by atoms with Gasteiger partial charge in [0, 0.05) is 12.6 Å². The van der Waals surface area contributed by atoms with Crippen molar-refractivity contribution in [2.75, 3.05) is 0 Å². The molecule has 0 spiro atoms. The van der Waals surface area contributed by atoms with Gasteiger partial charge < -0.3 is 0 Å². The monoisotopic (exact) mass is 268 g/mol. The minimum absolute atomic E-state index is 0.314. The van der Waals surface area contributed by atoms with Crippen molar-refractivity contribution in [2.24, 2.45) is 7.05 Å². The Morgan fingerprint density at radius 2 is 2.10 bits per heavy atom. The summed E-state index contributed by atoms with van der Waals surface area (Å²) in [4.78, 5) is 8.74. The Labute approximate surface area is 112 Å². The minimum atomic E-state index is -0.314. The van der Waals surface area contributed by atoms with Gasteiger partial charge in [-0.1, -0.05) is 12.1 Å². The van der Waals surface area contributed by atoms with Crippen LogP contribution in [0.2, 0.25) is 0 Å². The first-order valence-corrected chi connectivity index (χ1v) is 6.01. The summed E-state index contributed by atoms with van der Waals surface area (Å²) in [7, 11) is 1.82. The van der Waals surface area contributed by atoms with Crippen LogP contribution in [0.1, 0.15) is 0 Å². The molecule has 0 atom stereocenters. The van der Waals surface area contributed by atoms with Crippen molar-refractivity contribution in [1.29, 1.82) is 0 Å². The van der Waals surface area contributed by atoms with Gasteiger partial charge in [-0.3, -0.25) is 4.68 Å². The summed E-state index contributed by atoms with van der Waals surface area (Å²) >= 11 is 0. The fourth-order valence-electron chi connectivity index (χ4n) is 2.19. The number of rotatable bonds is 1. The molecule has 7 heteroatoms. The first kappa shape index (κ1) is 11.0. The quantitative estimate of drug-likeness (QED) is 0.528. The second-order valence-electron chi connectivity index (χ2n) is 4.46. The van der Waals surface area contributed by atoms with E-state index in [-0.39, 0.29) is 5.82 Å². The van der Waals surface area contributed by atoms with Crippen molar-refractivity contribution in [3.05, 3.63) is 42.6 Å². The third-order valence-electron chi connectivity index (χ3n) is 3.15. The van der Waals surface area contributed by atoms with Crippen molar-refractivity contribution in [3.63, 3.8) is 0 Å². The second kappa shape index (κ2) is 3.83. The van der Waals surface area contributed by atoms with Crippen LogP contribution >= 0.6 is 0 Å². The molecule has 0 aliphatic rings. The van der Waals surface area contributed by atoms with Crippen molar-refractivity contribution in [3.8, 4) is 11.4 Å². The normalized spacial score (nSPS) is 11.5. The zero-order chi connectivity index (χ0) is 13.7. The van der Waals surface area contributed by atoms with Crippen LogP contribution in [-0.4, -0.2) is 29.4 Å².